The average Bonchev–Trinajstić information content (AvgIpc) is 2.86. The summed E-state index contributed by atoms with van der Waals surface area (Å²) in [6.07, 6.45) is -0.175. The topological polar surface area (TPSA) is 110 Å². The van der Waals surface area contributed by atoms with Gasteiger partial charge in [0.25, 0.3) is 17.5 Å². The number of nitro groups is 1. The van der Waals surface area contributed by atoms with Crippen molar-refractivity contribution in [2.24, 2.45) is 0 Å². The minimum atomic E-state index is -0.781. The number of fused-ring (bicyclic) bond motifs is 1. The van der Waals surface area contributed by atoms with Gasteiger partial charge in [-0.2, -0.15) is 0 Å². The fraction of sp³-hybridized carbons (Fsp3) is 0.118. The molecule has 3 rings (SSSR count). The first-order valence-electron chi connectivity index (χ1n) is 7.68. The van der Waals surface area contributed by atoms with Gasteiger partial charge >= 0.3 is 0 Å². The second-order valence-electron chi connectivity index (χ2n) is 5.64. The number of imide groups is 1. The Labute approximate surface area is 166 Å². The van der Waals surface area contributed by atoms with Gasteiger partial charge in [-0.15, -0.1) is 0 Å². The van der Waals surface area contributed by atoms with E-state index in [9.17, 15) is 24.5 Å². The van der Waals surface area contributed by atoms with Gasteiger partial charge in [0.05, 0.1) is 21.2 Å². The third-order valence-electron chi connectivity index (χ3n) is 3.94. The van der Waals surface area contributed by atoms with E-state index in [2.05, 4.69) is 21.2 Å². The summed E-state index contributed by atoms with van der Waals surface area (Å²) in [7, 11) is 0. The Morgan fingerprint density at radius 2 is 1.96 bits per heavy atom. The molecule has 0 aromatic heterocycles. The first-order chi connectivity index (χ1) is 12.8. The third-order valence-corrected chi connectivity index (χ3v) is 4.75. The summed E-state index contributed by atoms with van der Waals surface area (Å²) in [5, 5.41) is 14.0. The Bertz CT molecular complexity index is 995. The summed E-state index contributed by atoms with van der Waals surface area (Å²) in [6, 6.07) is 8.77. The zero-order valence-electron chi connectivity index (χ0n) is 13.6. The van der Waals surface area contributed by atoms with Crippen LogP contribution in [-0.2, 0) is 4.79 Å². The van der Waals surface area contributed by atoms with Crippen LogP contribution < -0.4 is 5.32 Å². The number of benzene rings is 2. The molecule has 10 heteroatoms. The molecule has 3 amide bonds. The van der Waals surface area contributed by atoms with E-state index >= 15 is 0 Å². The standard InChI is InChI=1S/C17H11BrClN3O5/c18-9-4-5-12(11(19)8-9)20-14(23)6-7-21-16(24)10-2-1-3-13(22(26)27)15(10)17(21)25/h1-5,8H,6-7H2,(H,20,23). The van der Waals surface area contributed by atoms with Crippen molar-refractivity contribution in [2.75, 3.05) is 11.9 Å². The lowest BCUT2D eigenvalue weighted by Crippen LogP contribution is -2.33. The van der Waals surface area contributed by atoms with E-state index in [4.69, 9.17) is 11.6 Å². The number of hydrogen-bond acceptors (Lipinski definition) is 5. The SMILES string of the molecule is O=C(CCN1C(=O)c2cccc([N+](=O)[O-])c2C1=O)Nc1ccc(Br)cc1Cl. The van der Waals surface area contributed by atoms with E-state index < -0.39 is 28.3 Å². The maximum absolute atomic E-state index is 12.4. The van der Waals surface area contributed by atoms with Gasteiger partial charge in [-0.05, 0) is 24.3 Å². The van der Waals surface area contributed by atoms with Gasteiger partial charge in [0.15, 0.2) is 0 Å². The van der Waals surface area contributed by atoms with E-state index in [1.165, 1.54) is 12.1 Å². The highest BCUT2D eigenvalue weighted by molar-refractivity contribution is 9.10. The molecular formula is C17H11BrClN3O5. The maximum Gasteiger partial charge on any atom is 0.282 e. The molecule has 8 nitrogen and oxygen atoms in total. The number of nitrogens with zero attached hydrogens (tertiary/aromatic N) is 2. The Morgan fingerprint density at radius 3 is 2.63 bits per heavy atom. The van der Waals surface area contributed by atoms with Crippen LogP contribution in [0.3, 0.4) is 0 Å². The number of nitro benzene ring substituents is 1. The molecule has 1 aliphatic heterocycles. The number of carbonyl (C=O) groups excluding carboxylic acids is 3. The minimum absolute atomic E-state index is 0.0365. The lowest BCUT2D eigenvalue weighted by Gasteiger charge is -2.14. The number of hydrogen-bond donors (Lipinski definition) is 1. The number of amides is 3. The lowest BCUT2D eigenvalue weighted by atomic mass is 10.1. The van der Waals surface area contributed by atoms with E-state index in [0.29, 0.717) is 10.7 Å². The van der Waals surface area contributed by atoms with Gasteiger partial charge in [-0.25, -0.2) is 0 Å². The molecule has 0 saturated heterocycles. The van der Waals surface area contributed by atoms with Gasteiger partial charge in [0.2, 0.25) is 5.91 Å². The third kappa shape index (κ3) is 3.69. The molecule has 2 aromatic carbocycles. The molecule has 0 aliphatic carbocycles. The van der Waals surface area contributed by atoms with Crippen LogP contribution in [0.1, 0.15) is 27.1 Å². The van der Waals surface area contributed by atoms with Crippen LogP contribution in [-0.4, -0.2) is 34.1 Å². The van der Waals surface area contributed by atoms with Crippen molar-refractivity contribution in [1.82, 2.24) is 4.90 Å². The van der Waals surface area contributed by atoms with Crippen molar-refractivity contribution in [3.05, 3.63) is 67.1 Å². The van der Waals surface area contributed by atoms with Crippen molar-refractivity contribution in [1.29, 1.82) is 0 Å². The summed E-state index contributed by atoms with van der Waals surface area (Å²) in [6.45, 7) is -0.205. The van der Waals surface area contributed by atoms with Crippen LogP contribution in [0.2, 0.25) is 5.02 Å². The monoisotopic (exact) mass is 451 g/mol. The Hall–Kier alpha value is -2.78. The smallest absolute Gasteiger partial charge is 0.282 e. The van der Waals surface area contributed by atoms with Gasteiger partial charge in [-0.3, -0.25) is 29.4 Å². The minimum Gasteiger partial charge on any atom is -0.325 e. The predicted octanol–water partition coefficient (Wildman–Crippen LogP) is 3.64. The number of halogens is 2. The molecule has 0 saturated carbocycles. The number of nitrogens with one attached hydrogen (secondary N) is 1. The maximum atomic E-state index is 12.4. The van der Waals surface area contributed by atoms with Crippen LogP contribution in [0.25, 0.3) is 0 Å². The Kier molecular flexibility index (Phi) is 5.24. The summed E-state index contributed by atoms with van der Waals surface area (Å²) < 4.78 is 0.748. The van der Waals surface area contributed by atoms with Gasteiger partial charge in [0, 0.05) is 23.5 Å². The summed E-state index contributed by atoms with van der Waals surface area (Å²) in [5.74, 6) is -1.89. The second-order valence-corrected chi connectivity index (χ2v) is 6.96. The van der Waals surface area contributed by atoms with Gasteiger partial charge in [0.1, 0.15) is 5.56 Å². The molecule has 138 valence electrons. The van der Waals surface area contributed by atoms with Crippen molar-refractivity contribution in [2.45, 2.75) is 6.42 Å². The van der Waals surface area contributed by atoms with Gasteiger partial charge in [-0.1, -0.05) is 33.6 Å². The fourth-order valence-corrected chi connectivity index (χ4v) is 3.41. The van der Waals surface area contributed by atoms with Crippen molar-refractivity contribution >= 4 is 56.6 Å². The first kappa shape index (κ1) is 19.0. The average molecular weight is 453 g/mol. The summed E-state index contributed by atoms with van der Waals surface area (Å²) >= 11 is 9.28. The van der Waals surface area contributed by atoms with E-state index in [-0.39, 0.29) is 24.1 Å². The Morgan fingerprint density at radius 1 is 1.22 bits per heavy atom. The normalized spacial score (nSPS) is 12.9. The molecule has 0 radical (unpaired) electrons. The molecule has 0 spiro atoms. The Balaban J connectivity index is 1.71. The van der Waals surface area contributed by atoms with E-state index in [1.54, 1.807) is 18.2 Å². The van der Waals surface area contributed by atoms with Crippen LogP contribution in [0.15, 0.2) is 40.9 Å². The predicted molar refractivity (Wildman–Crippen MR) is 101 cm³/mol. The number of anilines is 1. The highest BCUT2D eigenvalue weighted by Crippen LogP contribution is 2.31. The molecule has 0 atom stereocenters. The molecule has 1 heterocycles. The van der Waals surface area contributed by atoms with Crippen molar-refractivity contribution in [3.8, 4) is 0 Å². The molecule has 1 aliphatic rings. The highest BCUT2D eigenvalue weighted by Gasteiger charge is 2.40. The summed E-state index contributed by atoms with van der Waals surface area (Å²) in [5.41, 5.74) is -0.322. The largest absolute Gasteiger partial charge is 0.325 e. The van der Waals surface area contributed by atoms with Crippen LogP contribution in [0.5, 0.6) is 0 Å². The second kappa shape index (κ2) is 7.45. The lowest BCUT2D eigenvalue weighted by molar-refractivity contribution is -0.385. The zero-order valence-corrected chi connectivity index (χ0v) is 15.9. The fourth-order valence-electron chi connectivity index (χ4n) is 2.69. The van der Waals surface area contributed by atoms with Crippen molar-refractivity contribution in [3.63, 3.8) is 0 Å². The number of rotatable bonds is 5. The first-order valence-corrected chi connectivity index (χ1v) is 8.85. The zero-order chi connectivity index (χ0) is 19.7. The molecule has 27 heavy (non-hydrogen) atoms. The van der Waals surface area contributed by atoms with Gasteiger partial charge < -0.3 is 5.32 Å². The van der Waals surface area contributed by atoms with E-state index in [1.807, 2.05) is 0 Å². The summed E-state index contributed by atoms with van der Waals surface area (Å²) in [4.78, 5) is 48.1. The highest BCUT2D eigenvalue weighted by atomic mass is 79.9. The van der Waals surface area contributed by atoms with E-state index in [0.717, 1.165) is 15.4 Å². The molecular weight excluding hydrogens is 442 g/mol. The van der Waals surface area contributed by atoms with Crippen molar-refractivity contribution < 1.29 is 19.3 Å². The van der Waals surface area contributed by atoms with Crippen LogP contribution in [0, 0.1) is 10.1 Å². The number of carbonyl (C=O) groups is 3. The molecule has 1 N–H and O–H groups in total. The molecule has 0 unspecified atom stereocenters. The van der Waals surface area contributed by atoms with Crippen LogP contribution in [0.4, 0.5) is 11.4 Å². The molecule has 0 fully saturated rings. The quantitative estimate of drug-likeness (QED) is 0.423. The molecule has 2 aromatic rings. The molecule has 0 bridgehead atoms. The van der Waals surface area contributed by atoms with Crippen LogP contribution >= 0.6 is 27.5 Å².